The van der Waals surface area contributed by atoms with Crippen LogP contribution in [0.3, 0.4) is 0 Å². The first-order chi connectivity index (χ1) is 14.3. The van der Waals surface area contributed by atoms with Gasteiger partial charge in [0, 0.05) is 16.9 Å². The summed E-state index contributed by atoms with van der Waals surface area (Å²) in [4.78, 5) is 22.4. The van der Waals surface area contributed by atoms with Crippen molar-refractivity contribution in [3.8, 4) is 11.1 Å². The summed E-state index contributed by atoms with van der Waals surface area (Å²) in [5, 5.41) is 0.623. The number of aromatic amines is 1. The van der Waals surface area contributed by atoms with Crippen LogP contribution in [-0.4, -0.2) is 9.97 Å². The molecule has 2 aromatic carbocycles. The summed E-state index contributed by atoms with van der Waals surface area (Å²) in [5.74, 6) is 0.191. The fourth-order valence-electron chi connectivity index (χ4n) is 3.70. The number of aryl methyl sites for hydroxylation is 1. The van der Waals surface area contributed by atoms with E-state index in [9.17, 15) is 9.18 Å². The Morgan fingerprint density at radius 2 is 1.77 bits per heavy atom. The van der Waals surface area contributed by atoms with Crippen LogP contribution in [0.2, 0.25) is 0 Å². The lowest BCUT2D eigenvalue weighted by Crippen LogP contribution is -2.12. The molecule has 5 heteroatoms. The molecule has 0 aliphatic heterocycles. The Hall–Kier alpha value is -2.79. The summed E-state index contributed by atoms with van der Waals surface area (Å²) in [6, 6.07) is 15.0. The molecule has 3 nitrogen and oxygen atoms in total. The minimum atomic E-state index is -0.291. The normalized spacial score (nSPS) is 11.9. The van der Waals surface area contributed by atoms with Crippen molar-refractivity contribution in [1.82, 2.24) is 9.97 Å². The van der Waals surface area contributed by atoms with E-state index in [1.807, 2.05) is 0 Å². The molecule has 0 radical (unpaired) electrons. The summed E-state index contributed by atoms with van der Waals surface area (Å²) < 4.78 is 14.0. The summed E-state index contributed by atoms with van der Waals surface area (Å²) in [6.07, 6.45) is 1.08. The predicted molar refractivity (Wildman–Crippen MR) is 123 cm³/mol. The maximum Gasteiger partial charge on any atom is 0.260 e. The molecule has 0 aliphatic carbocycles. The van der Waals surface area contributed by atoms with Gasteiger partial charge < -0.3 is 4.98 Å². The number of rotatable bonds is 4. The lowest BCUT2D eigenvalue weighted by molar-refractivity contribution is 0.590. The van der Waals surface area contributed by atoms with Gasteiger partial charge in [0.2, 0.25) is 0 Å². The number of nitrogens with zero attached hydrogens (tertiary/aromatic N) is 1. The zero-order chi connectivity index (χ0) is 21.5. The fraction of sp³-hybridized carbons (Fsp3) is 0.280. The molecule has 30 heavy (non-hydrogen) atoms. The number of fused-ring (bicyclic) bond motifs is 1. The zero-order valence-corrected chi connectivity index (χ0v) is 18.5. The van der Waals surface area contributed by atoms with Gasteiger partial charge in [-0.15, -0.1) is 11.3 Å². The van der Waals surface area contributed by atoms with Crippen molar-refractivity contribution in [2.45, 2.75) is 46.0 Å². The topological polar surface area (TPSA) is 45.8 Å². The van der Waals surface area contributed by atoms with E-state index in [1.54, 1.807) is 29.5 Å². The summed E-state index contributed by atoms with van der Waals surface area (Å²) in [6.45, 7) is 8.65. The third-order valence-electron chi connectivity index (χ3n) is 5.36. The van der Waals surface area contributed by atoms with E-state index in [1.165, 1.54) is 11.6 Å². The molecule has 2 aromatic heterocycles. The highest BCUT2D eigenvalue weighted by atomic mass is 32.1. The monoisotopic (exact) mass is 420 g/mol. The van der Waals surface area contributed by atoms with Crippen LogP contribution in [0.1, 0.15) is 49.5 Å². The van der Waals surface area contributed by atoms with Crippen LogP contribution in [0, 0.1) is 5.82 Å². The number of halogens is 1. The molecule has 0 bridgehead atoms. The van der Waals surface area contributed by atoms with E-state index in [0.717, 1.165) is 22.4 Å². The summed E-state index contributed by atoms with van der Waals surface area (Å²) >= 11 is 1.55. The SMILES string of the molecule is CCc1sc2nc(Cc3ccccc3F)[nH]c(=O)c2c1-c1ccc(C(C)(C)C)cc1. The van der Waals surface area contributed by atoms with Gasteiger partial charge in [0.05, 0.1) is 5.39 Å². The second-order valence-corrected chi connectivity index (χ2v) is 9.63. The highest BCUT2D eigenvalue weighted by Crippen LogP contribution is 2.37. The average Bonchev–Trinajstić information content (AvgIpc) is 3.08. The third-order valence-corrected chi connectivity index (χ3v) is 6.59. The molecule has 0 spiro atoms. The van der Waals surface area contributed by atoms with E-state index in [-0.39, 0.29) is 23.2 Å². The minimum absolute atomic E-state index is 0.0729. The van der Waals surface area contributed by atoms with Crippen molar-refractivity contribution in [3.05, 3.63) is 86.5 Å². The Kier molecular flexibility index (Phi) is 5.33. The van der Waals surface area contributed by atoms with Gasteiger partial charge in [0.1, 0.15) is 16.5 Å². The first kappa shape index (κ1) is 20.5. The number of nitrogens with one attached hydrogen (secondary N) is 1. The third kappa shape index (κ3) is 3.82. The van der Waals surface area contributed by atoms with Crippen LogP contribution in [-0.2, 0) is 18.3 Å². The Morgan fingerprint density at radius 3 is 2.40 bits per heavy atom. The smallest absolute Gasteiger partial charge is 0.260 e. The van der Waals surface area contributed by atoms with Gasteiger partial charge in [-0.3, -0.25) is 4.79 Å². The van der Waals surface area contributed by atoms with Crippen LogP contribution >= 0.6 is 11.3 Å². The molecule has 2 heterocycles. The van der Waals surface area contributed by atoms with Gasteiger partial charge in [-0.25, -0.2) is 9.37 Å². The second-order valence-electron chi connectivity index (χ2n) is 8.54. The molecule has 0 saturated carbocycles. The molecule has 4 aromatic rings. The number of hydrogen-bond acceptors (Lipinski definition) is 3. The number of thiophene rings is 1. The number of aromatic nitrogens is 2. The van der Waals surface area contributed by atoms with Gasteiger partial charge in [-0.2, -0.15) is 0 Å². The van der Waals surface area contributed by atoms with Crippen LogP contribution in [0.15, 0.2) is 53.3 Å². The first-order valence-electron chi connectivity index (χ1n) is 10.2. The Morgan fingerprint density at radius 1 is 1.07 bits per heavy atom. The first-order valence-corrected chi connectivity index (χ1v) is 11.0. The van der Waals surface area contributed by atoms with Crippen molar-refractivity contribution in [2.24, 2.45) is 0 Å². The number of H-pyrrole nitrogens is 1. The lowest BCUT2D eigenvalue weighted by Gasteiger charge is -2.19. The molecular weight excluding hydrogens is 395 g/mol. The molecule has 0 fully saturated rings. The quantitative estimate of drug-likeness (QED) is 0.425. The Balaban J connectivity index is 1.82. The molecule has 0 saturated heterocycles. The molecular formula is C25H25FN2OS. The van der Waals surface area contributed by atoms with Crippen molar-refractivity contribution >= 4 is 21.6 Å². The van der Waals surface area contributed by atoms with Crippen LogP contribution in [0.4, 0.5) is 4.39 Å². The Labute approximate surface area is 179 Å². The molecule has 4 rings (SSSR count). The average molecular weight is 421 g/mol. The molecule has 0 atom stereocenters. The van der Waals surface area contributed by atoms with Crippen LogP contribution < -0.4 is 5.56 Å². The largest absolute Gasteiger partial charge is 0.310 e. The molecule has 1 N–H and O–H groups in total. The molecule has 154 valence electrons. The predicted octanol–water partition coefficient (Wildman–Crippen LogP) is 6.24. The summed E-state index contributed by atoms with van der Waals surface area (Å²) in [7, 11) is 0. The van der Waals surface area contributed by atoms with E-state index < -0.39 is 0 Å². The highest BCUT2D eigenvalue weighted by Gasteiger charge is 2.20. The molecule has 0 unspecified atom stereocenters. The minimum Gasteiger partial charge on any atom is -0.310 e. The summed E-state index contributed by atoms with van der Waals surface area (Å²) in [5.41, 5.74) is 3.67. The van der Waals surface area contributed by atoms with Crippen molar-refractivity contribution in [2.75, 3.05) is 0 Å². The zero-order valence-electron chi connectivity index (χ0n) is 17.7. The van der Waals surface area contributed by atoms with Crippen molar-refractivity contribution < 1.29 is 4.39 Å². The van der Waals surface area contributed by atoms with E-state index >= 15 is 0 Å². The van der Waals surface area contributed by atoms with Gasteiger partial charge in [0.25, 0.3) is 5.56 Å². The van der Waals surface area contributed by atoms with Crippen molar-refractivity contribution in [1.29, 1.82) is 0 Å². The number of benzene rings is 2. The van der Waals surface area contributed by atoms with E-state index in [4.69, 9.17) is 0 Å². The maximum atomic E-state index is 14.0. The molecule has 0 aliphatic rings. The van der Waals surface area contributed by atoms with Gasteiger partial charge in [0.15, 0.2) is 0 Å². The second kappa shape index (κ2) is 7.80. The Bertz CT molecular complexity index is 1260. The maximum absolute atomic E-state index is 14.0. The van der Waals surface area contributed by atoms with Gasteiger partial charge >= 0.3 is 0 Å². The number of hydrogen-bond donors (Lipinski definition) is 1. The standard InChI is InChI=1S/C25H25FN2OS/c1-5-19-21(15-10-12-17(13-11-15)25(2,3)4)22-23(29)27-20(28-24(22)30-19)14-16-8-6-7-9-18(16)26/h6-13H,5,14H2,1-4H3,(H,27,28,29). The lowest BCUT2D eigenvalue weighted by atomic mass is 9.86. The highest BCUT2D eigenvalue weighted by molar-refractivity contribution is 7.19. The van der Waals surface area contributed by atoms with Crippen LogP contribution in [0.5, 0.6) is 0 Å². The molecule has 0 amide bonds. The van der Waals surface area contributed by atoms with E-state index in [0.29, 0.717) is 21.6 Å². The van der Waals surface area contributed by atoms with Gasteiger partial charge in [-0.05, 0) is 34.6 Å². The van der Waals surface area contributed by atoms with E-state index in [2.05, 4.69) is 61.9 Å². The van der Waals surface area contributed by atoms with Crippen molar-refractivity contribution in [3.63, 3.8) is 0 Å². The van der Waals surface area contributed by atoms with Crippen LogP contribution in [0.25, 0.3) is 21.3 Å². The fourth-order valence-corrected chi connectivity index (χ4v) is 4.85. The van der Waals surface area contributed by atoms with Gasteiger partial charge in [-0.1, -0.05) is 70.2 Å².